The second kappa shape index (κ2) is 9.65. The zero-order chi connectivity index (χ0) is 22.5. The summed E-state index contributed by atoms with van der Waals surface area (Å²) >= 11 is 0. The Morgan fingerprint density at radius 3 is 2.66 bits per heavy atom. The molecular formula is C24H26N4O4. The van der Waals surface area contributed by atoms with Crippen molar-refractivity contribution in [2.45, 2.75) is 38.1 Å². The van der Waals surface area contributed by atoms with E-state index in [0.29, 0.717) is 43.5 Å². The summed E-state index contributed by atoms with van der Waals surface area (Å²) in [5.74, 6) is -0.836. The number of H-pyrrole nitrogens is 1. The van der Waals surface area contributed by atoms with Crippen LogP contribution in [0.15, 0.2) is 54.7 Å². The van der Waals surface area contributed by atoms with Gasteiger partial charge < -0.3 is 15.2 Å². The average molecular weight is 434 g/mol. The summed E-state index contributed by atoms with van der Waals surface area (Å²) < 4.78 is 0. The third kappa shape index (κ3) is 4.50. The minimum absolute atomic E-state index is 0.151. The van der Waals surface area contributed by atoms with Crippen molar-refractivity contribution >= 4 is 34.3 Å². The van der Waals surface area contributed by atoms with Crippen LogP contribution in [-0.4, -0.2) is 40.5 Å². The molecule has 3 amide bonds. The third-order valence-corrected chi connectivity index (χ3v) is 5.82. The fourth-order valence-corrected chi connectivity index (χ4v) is 4.18. The number of fused-ring (bicyclic) bond motifs is 2. The van der Waals surface area contributed by atoms with Crippen LogP contribution in [0.2, 0.25) is 0 Å². The molecular weight excluding hydrogens is 408 g/mol. The molecule has 0 spiro atoms. The van der Waals surface area contributed by atoms with Gasteiger partial charge in [-0.3, -0.25) is 19.6 Å². The van der Waals surface area contributed by atoms with Gasteiger partial charge in [0, 0.05) is 36.5 Å². The number of para-hydroxylation sites is 2. The van der Waals surface area contributed by atoms with Gasteiger partial charge in [0.2, 0.25) is 11.8 Å². The fourth-order valence-electron chi connectivity index (χ4n) is 4.18. The summed E-state index contributed by atoms with van der Waals surface area (Å²) in [6, 6.07) is 14.3. The zero-order valence-electron chi connectivity index (χ0n) is 17.6. The van der Waals surface area contributed by atoms with E-state index in [1.54, 1.807) is 28.6 Å². The zero-order valence-corrected chi connectivity index (χ0v) is 17.6. The molecule has 1 atom stereocenters. The molecule has 4 N–H and O–H groups in total. The van der Waals surface area contributed by atoms with Gasteiger partial charge in [-0.25, -0.2) is 5.48 Å². The van der Waals surface area contributed by atoms with Crippen LogP contribution in [0.1, 0.15) is 41.6 Å². The highest BCUT2D eigenvalue weighted by Gasteiger charge is 2.33. The lowest BCUT2D eigenvalue weighted by Crippen LogP contribution is -2.47. The SMILES string of the molecule is O=C(CCCCCN1C(=O)[C@@H](Cc2c[nH]c3ccccc23)NC(=O)c2ccccc21)NO. The van der Waals surface area contributed by atoms with Crippen LogP contribution in [0, 0.1) is 0 Å². The quantitative estimate of drug-likeness (QED) is 0.248. The molecule has 3 aromatic rings. The first kappa shape index (κ1) is 21.6. The summed E-state index contributed by atoms with van der Waals surface area (Å²) in [6.45, 7) is 0.440. The van der Waals surface area contributed by atoms with E-state index >= 15 is 0 Å². The monoisotopic (exact) mass is 434 g/mol. The molecule has 4 rings (SSSR count). The molecule has 8 nitrogen and oxygen atoms in total. The van der Waals surface area contributed by atoms with Gasteiger partial charge in [-0.15, -0.1) is 0 Å². The van der Waals surface area contributed by atoms with Crippen LogP contribution in [-0.2, 0) is 16.0 Å². The van der Waals surface area contributed by atoms with E-state index in [2.05, 4.69) is 10.3 Å². The molecule has 0 fully saturated rings. The van der Waals surface area contributed by atoms with Crippen LogP contribution in [0.3, 0.4) is 0 Å². The van der Waals surface area contributed by atoms with Gasteiger partial charge in [0.25, 0.3) is 5.91 Å². The van der Waals surface area contributed by atoms with E-state index in [-0.39, 0.29) is 18.2 Å². The second-order valence-corrected chi connectivity index (χ2v) is 7.94. The molecule has 8 heteroatoms. The molecule has 1 aromatic heterocycles. The minimum Gasteiger partial charge on any atom is -0.361 e. The number of aromatic amines is 1. The molecule has 166 valence electrons. The Hall–Kier alpha value is -3.65. The van der Waals surface area contributed by atoms with E-state index in [0.717, 1.165) is 16.5 Å². The van der Waals surface area contributed by atoms with Crippen LogP contribution in [0.4, 0.5) is 5.69 Å². The summed E-state index contributed by atoms with van der Waals surface area (Å²) in [4.78, 5) is 42.5. The number of nitrogens with one attached hydrogen (secondary N) is 3. The van der Waals surface area contributed by atoms with Crippen LogP contribution in [0.5, 0.6) is 0 Å². The Balaban J connectivity index is 1.54. The number of benzene rings is 2. The number of carbonyl (C=O) groups excluding carboxylic acids is 3. The summed E-state index contributed by atoms with van der Waals surface area (Å²) in [7, 11) is 0. The lowest BCUT2D eigenvalue weighted by molar-refractivity contribution is -0.129. The first-order chi connectivity index (χ1) is 15.6. The molecule has 0 aliphatic carbocycles. The number of unbranched alkanes of at least 4 members (excludes halogenated alkanes) is 2. The highest BCUT2D eigenvalue weighted by Crippen LogP contribution is 2.27. The van der Waals surface area contributed by atoms with Crippen molar-refractivity contribution in [2.75, 3.05) is 11.4 Å². The Labute approximate surface area is 185 Å². The van der Waals surface area contributed by atoms with E-state index in [4.69, 9.17) is 5.21 Å². The second-order valence-electron chi connectivity index (χ2n) is 7.94. The summed E-state index contributed by atoms with van der Waals surface area (Å²) in [6.07, 6.45) is 4.49. The van der Waals surface area contributed by atoms with Crippen molar-refractivity contribution < 1.29 is 19.6 Å². The molecule has 2 heterocycles. The van der Waals surface area contributed by atoms with Gasteiger partial charge in [-0.05, 0) is 36.6 Å². The highest BCUT2D eigenvalue weighted by atomic mass is 16.5. The van der Waals surface area contributed by atoms with Crippen LogP contribution in [0.25, 0.3) is 10.9 Å². The number of hydrogen-bond acceptors (Lipinski definition) is 4. The third-order valence-electron chi connectivity index (χ3n) is 5.82. The number of anilines is 1. The van der Waals surface area contributed by atoms with Crippen molar-refractivity contribution in [3.05, 3.63) is 65.9 Å². The predicted octanol–water partition coefficient (Wildman–Crippen LogP) is 2.92. The number of hydroxylamine groups is 1. The maximum atomic E-state index is 13.5. The summed E-state index contributed by atoms with van der Waals surface area (Å²) in [5, 5.41) is 12.6. The molecule has 0 radical (unpaired) electrons. The lowest BCUT2D eigenvalue weighted by atomic mass is 10.0. The number of rotatable bonds is 8. The molecule has 0 unspecified atom stereocenters. The molecule has 32 heavy (non-hydrogen) atoms. The Bertz CT molecular complexity index is 1140. The smallest absolute Gasteiger partial charge is 0.254 e. The van der Waals surface area contributed by atoms with E-state index in [9.17, 15) is 14.4 Å². The molecule has 0 bridgehead atoms. The van der Waals surface area contributed by atoms with Gasteiger partial charge in [-0.1, -0.05) is 36.8 Å². The standard InChI is InChI=1S/C24H26N4O4/c29-22(27-32)12-2-1-7-13-28-21-11-6-4-9-18(21)23(30)26-20(24(28)31)14-16-15-25-19-10-5-3-8-17(16)19/h3-6,8-11,15,20,25,32H,1-2,7,12-14H2,(H,26,30)(H,27,29)/t20-/m1/s1. The first-order valence-corrected chi connectivity index (χ1v) is 10.8. The van der Waals surface area contributed by atoms with Gasteiger partial charge in [-0.2, -0.15) is 0 Å². The molecule has 1 aliphatic heterocycles. The van der Waals surface area contributed by atoms with Crippen molar-refractivity contribution in [1.82, 2.24) is 15.8 Å². The van der Waals surface area contributed by atoms with Crippen molar-refractivity contribution in [1.29, 1.82) is 0 Å². The topological polar surface area (TPSA) is 115 Å². The highest BCUT2D eigenvalue weighted by molar-refractivity contribution is 6.11. The lowest BCUT2D eigenvalue weighted by Gasteiger charge is -2.25. The minimum atomic E-state index is -0.686. The number of carbonyl (C=O) groups is 3. The predicted molar refractivity (Wildman–Crippen MR) is 120 cm³/mol. The average Bonchev–Trinajstić information content (AvgIpc) is 3.19. The normalized spacial score (nSPS) is 15.9. The van der Waals surface area contributed by atoms with Crippen LogP contribution >= 0.6 is 0 Å². The number of aromatic nitrogens is 1. The number of hydrogen-bond donors (Lipinski definition) is 4. The first-order valence-electron chi connectivity index (χ1n) is 10.8. The number of amides is 3. The Kier molecular flexibility index (Phi) is 6.51. The van der Waals surface area contributed by atoms with Crippen molar-refractivity contribution in [3.8, 4) is 0 Å². The van der Waals surface area contributed by atoms with Gasteiger partial charge in [0.1, 0.15) is 6.04 Å². The van der Waals surface area contributed by atoms with E-state index in [1.807, 2.05) is 36.5 Å². The fraction of sp³-hybridized carbons (Fsp3) is 0.292. The summed E-state index contributed by atoms with van der Waals surface area (Å²) in [5.41, 5.74) is 4.66. The molecule has 0 saturated heterocycles. The van der Waals surface area contributed by atoms with Crippen molar-refractivity contribution in [2.24, 2.45) is 0 Å². The molecule has 1 aliphatic rings. The van der Waals surface area contributed by atoms with E-state index in [1.165, 1.54) is 0 Å². The largest absolute Gasteiger partial charge is 0.361 e. The van der Waals surface area contributed by atoms with Crippen LogP contribution < -0.4 is 15.7 Å². The Morgan fingerprint density at radius 1 is 1.03 bits per heavy atom. The van der Waals surface area contributed by atoms with Gasteiger partial charge in [0.15, 0.2) is 0 Å². The van der Waals surface area contributed by atoms with Gasteiger partial charge >= 0.3 is 0 Å². The Morgan fingerprint density at radius 2 is 1.81 bits per heavy atom. The van der Waals surface area contributed by atoms with E-state index < -0.39 is 11.9 Å². The molecule has 2 aromatic carbocycles. The van der Waals surface area contributed by atoms with Gasteiger partial charge in [0.05, 0.1) is 11.3 Å². The maximum absolute atomic E-state index is 13.5. The molecule has 0 saturated carbocycles. The number of nitrogens with zero attached hydrogens (tertiary/aromatic N) is 1. The van der Waals surface area contributed by atoms with Crippen molar-refractivity contribution in [3.63, 3.8) is 0 Å². The maximum Gasteiger partial charge on any atom is 0.254 e.